The molecule has 0 spiro atoms. The van der Waals surface area contributed by atoms with Crippen molar-refractivity contribution in [2.45, 2.75) is 31.3 Å². The van der Waals surface area contributed by atoms with Crippen LogP contribution in [-0.4, -0.2) is 46.1 Å². The molecule has 2 aliphatic rings. The smallest absolute Gasteiger partial charge is 0.267 e. The first-order valence-electron chi connectivity index (χ1n) is 8.07. The first kappa shape index (κ1) is 15.1. The Morgan fingerprint density at radius 2 is 2.29 bits per heavy atom. The van der Waals surface area contributed by atoms with E-state index < -0.39 is 0 Å². The van der Waals surface area contributed by atoms with Crippen molar-refractivity contribution in [3.05, 3.63) is 39.9 Å². The number of rotatable bonds is 4. The molecule has 0 amide bonds. The summed E-state index contributed by atoms with van der Waals surface area (Å²) in [6, 6.07) is 3.09. The Hall–Kier alpha value is -2.48. The third-order valence-electron chi connectivity index (χ3n) is 4.50. The van der Waals surface area contributed by atoms with Gasteiger partial charge in [-0.1, -0.05) is 0 Å². The Labute approximate surface area is 138 Å². The van der Waals surface area contributed by atoms with Gasteiger partial charge in [0.05, 0.1) is 32.1 Å². The number of methoxy groups -OCH3 is 1. The fourth-order valence-corrected chi connectivity index (χ4v) is 3.27. The van der Waals surface area contributed by atoms with E-state index in [1.54, 1.807) is 30.1 Å². The average molecular weight is 329 g/mol. The normalized spacial score (nSPS) is 22.4. The minimum absolute atomic E-state index is 0.0792. The van der Waals surface area contributed by atoms with E-state index in [4.69, 9.17) is 9.47 Å². The van der Waals surface area contributed by atoms with E-state index in [-0.39, 0.29) is 17.6 Å². The molecule has 0 saturated carbocycles. The topological polar surface area (TPSA) is 91.2 Å². The molecule has 0 radical (unpaired) electrons. The number of aromatic nitrogens is 4. The second kappa shape index (κ2) is 6.20. The number of fused-ring (bicyclic) bond motifs is 1. The van der Waals surface area contributed by atoms with Crippen LogP contribution in [0, 0.1) is 0 Å². The second-order valence-electron chi connectivity index (χ2n) is 6.03. The predicted octanol–water partition coefficient (Wildman–Crippen LogP) is 0.583. The number of anilines is 1. The summed E-state index contributed by atoms with van der Waals surface area (Å²) < 4.78 is 12.2. The minimum Gasteiger partial charge on any atom is -0.481 e. The fourth-order valence-electron chi connectivity index (χ4n) is 3.27. The Morgan fingerprint density at radius 1 is 1.38 bits per heavy atom. The largest absolute Gasteiger partial charge is 0.481 e. The predicted molar refractivity (Wildman–Crippen MR) is 86.4 cm³/mol. The van der Waals surface area contributed by atoms with Crippen LogP contribution in [0.2, 0.25) is 0 Å². The highest BCUT2D eigenvalue weighted by Gasteiger charge is 2.32. The maximum Gasteiger partial charge on any atom is 0.267 e. The quantitative estimate of drug-likeness (QED) is 0.877. The molecule has 24 heavy (non-hydrogen) atoms. The molecule has 1 aliphatic carbocycles. The van der Waals surface area contributed by atoms with Gasteiger partial charge >= 0.3 is 0 Å². The van der Waals surface area contributed by atoms with Crippen molar-refractivity contribution >= 4 is 5.95 Å². The molecule has 3 heterocycles. The third-order valence-corrected chi connectivity index (χ3v) is 4.50. The van der Waals surface area contributed by atoms with Gasteiger partial charge in [-0.25, -0.2) is 9.67 Å². The SMILES string of the molecule is COc1ccnc(NC2COCC2n2nc3c(cc2=O)CCC3)n1. The van der Waals surface area contributed by atoms with E-state index in [2.05, 4.69) is 20.4 Å². The number of nitrogens with one attached hydrogen (secondary N) is 1. The van der Waals surface area contributed by atoms with Crippen LogP contribution >= 0.6 is 0 Å². The van der Waals surface area contributed by atoms with Gasteiger partial charge in [0.1, 0.15) is 6.04 Å². The van der Waals surface area contributed by atoms with Gasteiger partial charge in [-0.15, -0.1) is 0 Å². The molecule has 2 atom stereocenters. The molecule has 1 N–H and O–H groups in total. The van der Waals surface area contributed by atoms with Crippen LogP contribution < -0.4 is 15.6 Å². The van der Waals surface area contributed by atoms with Crippen LogP contribution in [0.15, 0.2) is 23.1 Å². The number of hydrogen-bond donors (Lipinski definition) is 1. The van der Waals surface area contributed by atoms with E-state index in [9.17, 15) is 4.79 Å². The minimum atomic E-state index is -0.182. The van der Waals surface area contributed by atoms with Gasteiger partial charge in [-0.05, 0) is 24.8 Å². The highest BCUT2D eigenvalue weighted by molar-refractivity contribution is 5.30. The molecule has 2 aromatic rings. The van der Waals surface area contributed by atoms with Crippen LogP contribution in [-0.2, 0) is 17.6 Å². The Kier molecular flexibility index (Phi) is 3.89. The molecule has 126 valence electrons. The molecule has 8 heteroatoms. The number of nitrogens with zero attached hydrogens (tertiary/aromatic N) is 4. The molecular formula is C16H19N5O3. The van der Waals surface area contributed by atoms with Gasteiger partial charge in [0.15, 0.2) is 0 Å². The molecule has 0 bridgehead atoms. The summed E-state index contributed by atoms with van der Waals surface area (Å²) in [6.07, 6.45) is 4.56. The second-order valence-corrected chi connectivity index (χ2v) is 6.03. The number of aryl methyl sites for hydroxylation is 2. The molecule has 4 rings (SSSR count). The van der Waals surface area contributed by atoms with Crippen LogP contribution in [0.4, 0.5) is 5.95 Å². The van der Waals surface area contributed by atoms with Gasteiger partial charge < -0.3 is 14.8 Å². The van der Waals surface area contributed by atoms with E-state index >= 15 is 0 Å². The van der Waals surface area contributed by atoms with Crippen LogP contribution in [0.1, 0.15) is 23.7 Å². The lowest BCUT2D eigenvalue weighted by Crippen LogP contribution is -2.38. The average Bonchev–Trinajstić information content (AvgIpc) is 3.23. The van der Waals surface area contributed by atoms with Gasteiger partial charge in [0.25, 0.3) is 5.56 Å². The summed E-state index contributed by atoms with van der Waals surface area (Å²) >= 11 is 0. The maximum absolute atomic E-state index is 12.4. The summed E-state index contributed by atoms with van der Waals surface area (Å²) in [7, 11) is 1.56. The van der Waals surface area contributed by atoms with Crippen molar-refractivity contribution in [1.82, 2.24) is 19.7 Å². The molecule has 2 aromatic heterocycles. The van der Waals surface area contributed by atoms with Crippen molar-refractivity contribution in [3.8, 4) is 5.88 Å². The fraction of sp³-hybridized carbons (Fsp3) is 0.500. The van der Waals surface area contributed by atoms with Crippen molar-refractivity contribution < 1.29 is 9.47 Å². The summed E-state index contributed by atoms with van der Waals surface area (Å²) in [5.74, 6) is 0.930. The summed E-state index contributed by atoms with van der Waals surface area (Å²) in [4.78, 5) is 20.9. The molecule has 1 saturated heterocycles. The first-order chi connectivity index (χ1) is 11.7. The van der Waals surface area contributed by atoms with Crippen molar-refractivity contribution in [2.75, 3.05) is 25.6 Å². The number of ether oxygens (including phenoxy) is 2. The monoisotopic (exact) mass is 329 g/mol. The zero-order chi connectivity index (χ0) is 16.5. The van der Waals surface area contributed by atoms with Crippen LogP contribution in [0.25, 0.3) is 0 Å². The zero-order valence-corrected chi connectivity index (χ0v) is 13.4. The van der Waals surface area contributed by atoms with E-state index in [0.29, 0.717) is 25.0 Å². The van der Waals surface area contributed by atoms with Crippen LogP contribution in [0.3, 0.4) is 0 Å². The van der Waals surface area contributed by atoms with Gasteiger partial charge in [-0.2, -0.15) is 10.1 Å². The van der Waals surface area contributed by atoms with E-state index in [1.165, 1.54) is 0 Å². The summed E-state index contributed by atoms with van der Waals surface area (Å²) in [6.45, 7) is 0.907. The molecule has 1 fully saturated rings. The van der Waals surface area contributed by atoms with Crippen molar-refractivity contribution in [3.63, 3.8) is 0 Å². The maximum atomic E-state index is 12.4. The highest BCUT2D eigenvalue weighted by Crippen LogP contribution is 2.23. The lowest BCUT2D eigenvalue weighted by molar-refractivity contribution is 0.182. The van der Waals surface area contributed by atoms with Crippen molar-refractivity contribution in [1.29, 1.82) is 0 Å². The van der Waals surface area contributed by atoms with Gasteiger partial charge in [0.2, 0.25) is 11.8 Å². The van der Waals surface area contributed by atoms with E-state index in [1.807, 2.05) is 0 Å². The molecular weight excluding hydrogens is 310 g/mol. The standard InChI is InChI=1S/C16H19N5O3/c1-23-14-5-6-17-16(19-14)18-12-8-24-9-13(12)21-15(22)7-10-3-2-4-11(10)20-21/h5-7,12-13H,2-4,8-9H2,1H3,(H,17,18,19). The Bertz CT molecular complexity index is 807. The summed E-state index contributed by atoms with van der Waals surface area (Å²) in [5.41, 5.74) is 2.03. The third kappa shape index (κ3) is 2.73. The lowest BCUT2D eigenvalue weighted by atomic mass is 10.1. The zero-order valence-electron chi connectivity index (χ0n) is 13.4. The number of hydrogen-bond acceptors (Lipinski definition) is 7. The Balaban J connectivity index is 1.60. The van der Waals surface area contributed by atoms with Crippen LogP contribution in [0.5, 0.6) is 5.88 Å². The molecule has 8 nitrogen and oxygen atoms in total. The first-order valence-corrected chi connectivity index (χ1v) is 8.07. The summed E-state index contributed by atoms with van der Waals surface area (Å²) in [5, 5.41) is 7.81. The van der Waals surface area contributed by atoms with Crippen molar-refractivity contribution in [2.24, 2.45) is 0 Å². The molecule has 2 unspecified atom stereocenters. The molecule has 0 aromatic carbocycles. The van der Waals surface area contributed by atoms with Gasteiger partial charge in [-0.3, -0.25) is 4.79 Å². The highest BCUT2D eigenvalue weighted by atomic mass is 16.5. The molecule has 1 aliphatic heterocycles. The van der Waals surface area contributed by atoms with Gasteiger partial charge in [0, 0.05) is 18.3 Å². The van der Waals surface area contributed by atoms with E-state index in [0.717, 1.165) is 30.5 Å². The lowest BCUT2D eigenvalue weighted by Gasteiger charge is -2.20. The Morgan fingerprint density at radius 3 is 3.17 bits per heavy atom.